The van der Waals surface area contributed by atoms with Gasteiger partial charge in [-0.3, -0.25) is 0 Å². The molecule has 4 aromatic rings. The van der Waals surface area contributed by atoms with E-state index in [1.54, 1.807) is 30.3 Å². The lowest BCUT2D eigenvalue weighted by Gasteiger charge is -2.17. The highest BCUT2D eigenvalue weighted by atomic mass is 16.5. The van der Waals surface area contributed by atoms with E-state index in [-0.39, 0.29) is 11.6 Å². The van der Waals surface area contributed by atoms with Crippen molar-refractivity contribution in [3.8, 4) is 45.8 Å². The highest BCUT2D eigenvalue weighted by molar-refractivity contribution is 5.99. The summed E-state index contributed by atoms with van der Waals surface area (Å²) >= 11 is 0. The van der Waals surface area contributed by atoms with E-state index in [0.29, 0.717) is 34.1 Å². The topological polar surface area (TPSA) is 107 Å². The van der Waals surface area contributed by atoms with Crippen LogP contribution in [0.15, 0.2) is 60.7 Å². The Balaban J connectivity index is 1.78. The monoisotopic (exact) mass is 462 g/mol. The molecule has 0 aliphatic heterocycles. The van der Waals surface area contributed by atoms with Gasteiger partial charge in [0.05, 0.1) is 39.7 Å². The number of aromatic nitrogens is 4. The molecule has 0 amide bonds. The van der Waals surface area contributed by atoms with Crippen LogP contribution in [0.4, 0.5) is 0 Å². The van der Waals surface area contributed by atoms with Crippen LogP contribution in [0.2, 0.25) is 0 Å². The minimum Gasteiger partial charge on any atom is -0.493 e. The fraction of sp³-hybridized carbons (Fsp3) is 0.167. The third kappa shape index (κ3) is 4.20. The Labute approximate surface area is 195 Å². The van der Waals surface area contributed by atoms with Crippen molar-refractivity contribution in [1.29, 1.82) is 0 Å². The van der Waals surface area contributed by atoms with Crippen LogP contribution < -0.4 is 18.9 Å². The molecule has 10 heteroatoms. The highest BCUT2D eigenvalue weighted by Gasteiger charge is 2.23. The lowest BCUT2D eigenvalue weighted by atomic mass is 9.97. The summed E-state index contributed by atoms with van der Waals surface area (Å²) in [5.74, 6) is 1.10. The van der Waals surface area contributed by atoms with E-state index >= 15 is 0 Å². The number of rotatable bonds is 8. The Morgan fingerprint density at radius 2 is 1.56 bits per heavy atom. The quantitative estimate of drug-likeness (QED) is 0.360. The van der Waals surface area contributed by atoms with Crippen LogP contribution >= 0.6 is 0 Å². The van der Waals surface area contributed by atoms with Crippen molar-refractivity contribution in [1.82, 2.24) is 20.2 Å². The van der Waals surface area contributed by atoms with Crippen LogP contribution in [-0.4, -0.2) is 54.6 Å². The van der Waals surface area contributed by atoms with Gasteiger partial charge in [-0.1, -0.05) is 23.3 Å². The van der Waals surface area contributed by atoms with Crippen LogP contribution in [0, 0.1) is 0 Å². The lowest BCUT2D eigenvalue weighted by molar-refractivity contribution is 0.0601. The van der Waals surface area contributed by atoms with Gasteiger partial charge < -0.3 is 23.7 Å². The van der Waals surface area contributed by atoms with Gasteiger partial charge in [0, 0.05) is 11.1 Å². The maximum atomic E-state index is 12.7. The Morgan fingerprint density at radius 1 is 0.824 bits per heavy atom. The molecular weight excluding hydrogens is 440 g/mol. The molecule has 0 atom stereocenters. The summed E-state index contributed by atoms with van der Waals surface area (Å²) in [5.41, 5.74) is 2.15. The standard InChI is InChI=1S/C24H22N4O6/c1-30-20-13-12-18(21(31-2)22(20)32-3)17-11-10-16(14-19(17)23(29)33-4)34-24-25-26-27-28(24)15-8-6-5-7-9-15/h5-14H,1-4H3. The molecule has 1 aromatic heterocycles. The highest BCUT2D eigenvalue weighted by Crippen LogP contribution is 2.45. The third-order valence-corrected chi connectivity index (χ3v) is 5.04. The van der Waals surface area contributed by atoms with Crippen molar-refractivity contribution in [2.24, 2.45) is 0 Å². The van der Waals surface area contributed by atoms with Crippen LogP contribution in [0.3, 0.4) is 0 Å². The van der Waals surface area contributed by atoms with E-state index in [4.69, 9.17) is 23.7 Å². The summed E-state index contributed by atoms with van der Waals surface area (Å²) in [5, 5.41) is 11.6. The van der Waals surface area contributed by atoms with E-state index in [2.05, 4.69) is 15.5 Å². The maximum Gasteiger partial charge on any atom is 0.345 e. The van der Waals surface area contributed by atoms with Gasteiger partial charge in [0.2, 0.25) is 5.75 Å². The van der Waals surface area contributed by atoms with Crippen molar-refractivity contribution in [2.45, 2.75) is 0 Å². The summed E-state index contributed by atoms with van der Waals surface area (Å²) in [7, 11) is 5.87. The molecule has 4 rings (SSSR count). The largest absolute Gasteiger partial charge is 0.493 e. The lowest BCUT2D eigenvalue weighted by Crippen LogP contribution is -2.06. The van der Waals surface area contributed by atoms with E-state index < -0.39 is 5.97 Å². The summed E-state index contributed by atoms with van der Waals surface area (Å²) in [4.78, 5) is 12.7. The van der Waals surface area contributed by atoms with Gasteiger partial charge in [0.25, 0.3) is 0 Å². The van der Waals surface area contributed by atoms with Crippen molar-refractivity contribution in [3.63, 3.8) is 0 Å². The molecule has 0 saturated heterocycles. The predicted octanol–water partition coefficient (Wildman–Crippen LogP) is 3.93. The van der Waals surface area contributed by atoms with Gasteiger partial charge in [-0.15, -0.1) is 0 Å². The minimum absolute atomic E-state index is 0.137. The van der Waals surface area contributed by atoms with Crippen molar-refractivity contribution in [2.75, 3.05) is 28.4 Å². The SMILES string of the molecule is COC(=O)c1cc(Oc2nnnn2-c2ccccc2)ccc1-c1ccc(OC)c(OC)c1OC. The second-order valence-electron chi connectivity index (χ2n) is 6.89. The zero-order valence-electron chi connectivity index (χ0n) is 19.0. The molecule has 0 radical (unpaired) electrons. The summed E-state index contributed by atoms with van der Waals surface area (Å²) in [6.45, 7) is 0. The molecule has 0 fully saturated rings. The van der Waals surface area contributed by atoms with Gasteiger partial charge in [-0.05, 0) is 52.9 Å². The summed E-state index contributed by atoms with van der Waals surface area (Å²) < 4.78 is 28.8. The third-order valence-electron chi connectivity index (χ3n) is 5.04. The maximum absolute atomic E-state index is 12.7. The molecule has 0 spiro atoms. The number of hydrogen-bond acceptors (Lipinski definition) is 9. The van der Waals surface area contributed by atoms with Crippen LogP contribution in [0.25, 0.3) is 16.8 Å². The molecular formula is C24H22N4O6. The number of benzene rings is 3. The molecule has 0 saturated carbocycles. The molecule has 174 valence electrons. The number of methoxy groups -OCH3 is 4. The summed E-state index contributed by atoms with van der Waals surface area (Å²) in [6.07, 6.45) is 0. The zero-order chi connectivity index (χ0) is 24.1. The number of carbonyl (C=O) groups is 1. The van der Waals surface area contributed by atoms with Crippen molar-refractivity contribution < 1.29 is 28.5 Å². The van der Waals surface area contributed by atoms with Gasteiger partial charge in [-0.2, -0.15) is 4.68 Å². The molecule has 0 unspecified atom stereocenters. The van der Waals surface area contributed by atoms with E-state index in [1.165, 1.54) is 33.1 Å². The second-order valence-corrected chi connectivity index (χ2v) is 6.89. The molecule has 0 N–H and O–H groups in total. The molecule has 10 nitrogen and oxygen atoms in total. The molecule has 3 aromatic carbocycles. The van der Waals surface area contributed by atoms with Crippen molar-refractivity contribution >= 4 is 5.97 Å². The molecule has 0 aliphatic rings. The smallest absolute Gasteiger partial charge is 0.345 e. The molecule has 0 bridgehead atoms. The first-order valence-corrected chi connectivity index (χ1v) is 10.1. The van der Waals surface area contributed by atoms with Crippen LogP contribution in [0.5, 0.6) is 29.0 Å². The molecule has 1 heterocycles. The molecule has 34 heavy (non-hydrogen) atoms. The fourth-order valence-electron chi connectivity index (χ4n) is 3.49. The zero-order valence-corrected chi connectivity index (χ0v) is 19.0. The van der Waals surface area contributed by atoms with Gasteiger partial charge in [-0.25, -0.2) is 4.79 Å². The average molecular weight is 462 g/mol. The average Bonchev–Trinajstić information content (AvgIpc) is 3.35. The Kier molecular flexibility index (Phi) is 6.58. The number of hydrogen-bond donors (Lipinski definition) is 0. The Hall–Kier alpha value is -4.60. The van der Waals surface area contributed by atoms with E-state index in [0.717, 1.165) is 5.69 Å². The number of para-hydroxylation sites is 1. The Bertz CT molecular complexity index is 1310. The first-order chi connectivity index (χ1) is 16.6. The van der Waals surface area contributed by atoms with Crippen LogP contribution in [-0.2, 0) is 4.74 Å². The van der Waals surface area contributed by atoms with Crippen LogP contribution in [0.1, 0.15) is 10.4 Å². The number of carbonyl (C=O) groups excluding carboxylic acids is 1. The normalized spacial score (nSPS) is 10.5. The van der Waals surface area contributed by atoms with E-state index in [1.807, 2.05) is 30.3 Å². The van der Waals surface area contributed by atoms with Gasteiger partial charge >= 0.3 is 12.0 Å². The number of ether oxygens (including phenoxy) is 5. The first-order valence-electron chi connectivity index (χ1n) is 10.1. The minimum atomic E-state index is -0.556. The van der Waals surface area contributed by atoms with Gasteiger partial charge in [0.15, 0.2) is 11.5 Å². The number of tetrazole rings is 1. The number of esters is 1. The fourth-order valence-corrected chi connectivity index (χ4v) is 3.49. The van der Waals surface area contributed by atoms with E-state index in [9.17, 15) is 4.79 Å². The second kappa shape index (κ2) is 9.90. The number of nitrogens with zero attached hydrogens (tertiary/aromatic N) is 4. The van der Waals surface area contributed by atoms with Gasteiger partial charge in [0.1, 0.15) is 5.75 Å². The predicted molar refractivity (Wildman–Crippen MR) is 122 cm³/mol. The Morgan fingerprint density at radius 3 is 2.24 bits per heavy atom. The van der Waals surface area contributed by atoms with Crippen molar-refractivity contribution in [3.05, 3.63) is 66.2 Å². The first kappa shape index (κ1) is 22.6. The summed E-state index contributed by atoms with van der Waals surface area (Å²) in [6, 6.07) is 17.9. The molecule has 0 aliphatic carbocycles.